The molecule has 2 aromatic rings. The highest BCUT2D eigenvalue weighted by Gasteiger charge is 2.33. The number of amides is 2. The molecule has 4 rings (SSSR count). The van der Waals surface area contributed by atoms with Gasteiger partial charge in [0.2, 0.25) is 5.91 Å². The van der Waals surface area contributed by atoms with Gasteiger partial charge in [-0.1, -0.05) is 30.9 Å². The summed E-state index contributed by atoms with van der Waals surface area (Å²) < 4.78 is 0. The lowest BCUT2D eigenvalue weighted by Gasteiger charge is -2.39. The number of hydrogen-bond donors (Lipinski definition) is 2. The molecule has 0 unspecified atom stereocenters. The van der Waals surface area contributed by atoms with Crippen LogP contribution in [0.4, 0.5) is 5.69 Å². The van der Waals surface area contributed by atoms with Crippen molar-refractivity contribution in [2.24, 2.45) is 11.7 Å². The van der Waals surface area contributed by atoms with Crippen LogP contribution in [0.3, 0.4) is 0 Å². The van der Waals surface area contributed by atoms with Crippen LogP contribution in [0.5, 0.6) is 0 Å². The third-order valence-electron chi connectivity index (χ3n) is 7.34. The van der Waals surface area contributed by atoms with E-state index in [2.05, 4.69) is 11.4 Å². The zero-order chi connectivity index (χ0) is 24.8. The van der Waals surface area contributed by atoms with E-state index in [1.54, 1.807) is 36.4 Å². The van der Waals surface area contributed by atoms with Gasteiger partial charge in [0, 0.05) is 40.8 Å². The summed E-state index contributed by atoms with van der Waals surface area (Å²) in [5.41, 5.74) is 8.55. The Morgan fingerprint density at radius 2 is 1.69 bits per heavy atom. The standard InChI is InChI=1S/C28H33ClN4O2/c29-26-15-12-24(32-27(34)20-8-6-19(17-30)7-9-20)16-22(26)18-33(25-13-10-23(31)11-14-25)28(35)21-4-2-1-3-5-21/h6-9,12,15-16,21,23,25H,1-5,10-11,13-14,18,31H2,(H,32,34). The molecule has 2 fully saturated rings. The number of benzene rings is 2. The first kappa shape index (κ1) is 25.2. The molecular weight excluding hydrogens is 460 g/mol. The first-order valence-corrected chi connectivity index (χ1v) is 13.0. The molecule has 0 bridgehead atoms. The molecule has 0 radical (unpaired) electrons. The fraction of sp³-hybridized carbons (Fsp3) is 0.464. The minimum atomic E-state index is -0.265. The smallest absolute Gasteiger partial charge is 0.255 e. The van der Waals surface area contributed by atoms with Crippen LogP contribution in [0.1, 0.15) is 79.3 Å². The molecule has 0 heterocycles. The number of nitrogens with one attached hydrogen (secondary N) is 1. The van der Waals surface area contributed by atoms with Crippen LogP contribution in [-0.4, -0.2) is 28.8 Å². The lowest BCUT2D eigenvalue weighted by molar-refractivity contribution is -0.140. The zero-order valence-corrected chi connectivity index (χ0v) is 20.8. The van der Waals surface area contributed by atoms with E-state index in [9.17, 15) is 9.59 Å². The predicted molar refractivity (Wildman–Crippen MR) is 138 cm³/mol. The molecule has 2 amide bonds. The van der Waals surface area contributed by atoms with Crippen LogP contribution in [0, 0.1) is 17.2 Å². The quantitative estimate of drug-likeness (QED) is 0.544. The molecule has 0 aliphatic heterocycles. The number of rotatable bonds is 6. The minimum absolute atomic E-state index is 0.0809. The Hall–Kier alpha value is -2.88. The number of nitrogens with two attached hydrogens (primary N) is 1. The van der Waals surface area contributed by atoms with E-state index in [-0.39, 0.29) is 29.8 Å². The second kappa shape index (κ2) is 11.7. The Kier molecular flexibility index (Phi) is 8.43. The summed E-state index contributed by atoms with van der Waals surface area (Å²) in [4.78, 5) is 28.4. The van der Waals surface area contributed by atoms with Crippen molar-refractivity contribution in [3.05, 3.63) is 64.2 Å². The predicted octanol–water partition coefficient (Wildman–Crippen LogP) is 5.64. The molecule has 0 atom stereocenters. The number of carbonyl (C=O) groups excluding carboxylic acids is 2. The molecule has 2 aliphatic carbocycles. The van der Waals surface area contributed by atoms with Gasteiger partial charge in [-0.25, -0.2) is 0 Å². The van der Waals surface area contributed by atoms with E-state index in [4.69, 9.17) is 22.6 Å². The Morgan fingerprint density at radius 3 is 2.34 bits per heavy atom. The topological polar surface area (TPSA) is 99.2 Å². The zero-order valence-electron chi connectivity index (χ0n) is 20.0. The summed E-state index contributed by atoms with van der Waals surface area (Å²) in [6.45, 7) is 0.425. The monoisotopic (exact) mass is 492 g/mol. The molecule has 0 aromatic heterocycles. The van der Waals surface area contributed by atoms with Crippen molar-refractivity contribution >= 4 is 29.1 Å². The van der Waals surface area contributed by atoms with E-state index in [0.717, 1.165) is 56.9 Å². The third-order valence-corrected chi connectivity index (χ3v) is 7.71. The Labute approximate surface area is 212 Å². The molecule has 0 saturated heterocycles. The van der Waals surface area contributed by atoms with Crippen LogP contribution >= 0.6 is 11.6 Å². The van der Waals surface area contributed by atoms with Gasteiger partial charge < -0.3 is 16.0 Å². The normalized spacial score (nSPS) is 20.6. The molecule has 2 saturated carbocycles. The van der Waals surface area contributed by atoms with Crippen LogP contribution in [-0.2, 0) is 11.3 Å². The van der Waals surface area contributed by atoms with Crippen LogP contribution in [0.25, 0.3) is 0 Å². The van der Waals surface area contributed by atoms with E-state index in [0.29, 0.717) is 28.4 Å². The summed E-state index contributed by atoms with van der Waals surface area (Å²) in [7, 11) is 0. The molecule has 184 valence electrons. The van der Waals surface area contributed by atoms with Crippen LogP contribution in [0.2, 0.25) is 5.02 Å². The molecule has 7 heteroatoms. The SMILES string of the molecule is N#Cc1ccc(C(=O)Nc2ccc(Cl)c(CN(C(=O)C3CCCCC3)C3CCC(N)CC3)c2)cc1. The summed E-state index contributed by atoms with van der Waals surface area (Å²) in [6.07, 6.45) is 9.00. The number of carbonyl (C=O) groups is 2. The molecule has 35 heavy (non-hydrogen) atoms. The Morgan fingerprint density at radius 1 is 1.00 bits per heavy atom. The van der Waals surface area contributed by atoms with Crippen molar-refractivity contribution in [3.8, 4) is 6.07 Å². The fourth-order valence-corrected chi connectivity index (χ4v) is 5.42. The average Bonchev–Trinajstić information content (AvgIpc) is 2.89. The number of halogens is 1. The van der Waals surface area contributed by atoms with Gasteiger partial charge in [0.1, 0.15) is 0 Å². The highest BCUT2D eigenvalue weighted by molar-refractivity contribution is 6.31. The second-order valence-corrected chi connectivity index (χ2v) is 10.2. The maximum atomic E-state index is 13.7. The first-order chi connectivity index (χ1) is 16.9. The van der Waals surface area contributed by atoms with Gasteiger partial charge in [0.15, 0.2) is 0 Å². The third kappa shape index (κ3) is 6.42. The largest absolute Gasteiger partial charge is 0.335 e. The molecule has 6 nitrogen and oxygen atoms in total. The second-order valence-electron chi connectivity index (χ2n) is 9.82. The number of nitrogens with zero attached hydrogens (tertiary/aromatic N) is 2. The summed E-state index contributed by atoms with van der Waals surface area (Å²) >= 11 is 6.58. The van der Waals surface area contributed by atoms with Gasteiger partial charge in [-0.2, -0.15) is 5.26 Å². The van der Waals surface area contributed by atoms with Crippen molar-refractivity contribution in [1.29, 1.82) is 5.26 Å². The summed E-state index contributed by atoms with van der Waals surface area (Å²) in [6, 6.07) is 14.3. The number of hydrogen-bond acceptors (Lipinski definition) is 4. The molecule has 3 N–H and O–H groups in total. The maximum absolute atomic E-state index is 13.7. The van der Waals surface area contributed by atoms with E-state index in [1.807, 2.05) is 11.0 Å². The summed E-state index contributed by atoms with van der Waals surface area (Å²) in [5, 5.41) is 12.5. The van der Waals surface area contributed by atoms with Gasteiger partial charge in [-0.3, -0.25) is 9.59 Å². The van der Waals surface area contributed by atoms with Crippen molar-refractivity contribution in [3.63, 3.8) is 0 Å². The maximum Gasteiger partial charge on any atom is 0.255 e. The number of nitriles is 1. The van der Waals surface area contributed by atoms with Crippen molar-refractivity contribution in [2.75, 3.05) is 5.32 Å². The average molecular weight is 493 g/mol. The van der Waals surface area contributed by atoms with E-state index in [1.165, 1.54) is 6.42 Å². The molecule has 2 aliphatic rings. The van der Waals surface area contributed by atoms with Gasteiger partial charge in [-0.15, -0.1) is 0 Å². The molecule has 0 spiro atoms. The number of anilines is 1. The van der Waals surface area contributed by atoms with Gasteiger partial charge in [-0.05, 0) is 86.6 Å². The van der Waals surface area contributed by atoms with E-state index >= 15 is 0 Å². The van der Waals surface area contributed by atoms with Gasteiger partial charge >= 0.3 is 0 Å². The Balaban J connectivity index is 1.52. The van der Waals surface area contributed by atoms with Crippen molar-refractivity contribution in [1.82, 2.24) is 4.90 Å². The highest BCUT2D eigenvalue weighted by Crippen LogP contribution is 2.32. The fourth-order valence-electron chi connectivity index (χ4n) is 5.24. The summed E-state index contributed by atoms with van der Waals surface area (Å²) in [5.74, 6) is 0.0461. The lowest BCUT2D eigenvalue weighted by atomic mass is 9.85. The van der Waals surface area contributed by atoms with Crippen molar-refractivity contribution in [2.45, 2.75) is 76.4 Å². The van der Waals surface area contributed by atoms with Crippen LogP contribution in [0.15, 0.2) is 42.5 Å². The van der Waals surface area contributed by atoms with Gasteiger partial charge in [0.05, 0.1) is 11.6 Å². The molecular formula is C28H33ClN4O2. The Bertz CT molecular complexity index is 1080. The van der Waals surface area contributed by atoms with E-state index < -0.39 is 0 Å². The highest BCUT2D eigenvalue weighted by atomic mass is 35.5. The minimum Gasteiger partial charge on any atom is -0.335 e. The van der Waals surface area contributed by atoms with Gasteiger partial charge in [0.25, 0.3) is 5.91 Å². The van der Waals surface area contributed by atoms with Crippen LogP contribution < -0.4 is 11.1 Å². The molecule has 2 aromatic carbocycles. The van der Waals surface area contributed by atoms with Crippen molar-refractivity contribution < 1.29 is 9.59 Å². The first-order valence-electron chi connectivity index (χ1n) is 12.6. The lowest BCUT2D eigenvalue weighted by Crippen LogP contribution is -2.46.